The first-order valence-corrected chi connectivity index (χ1v) is 8.56. The molecule has 0 nitrogen and oxygen atoms in total. The van der Waals surface area contributed by atoms with E-state index in [2.05, 4.69) is 20.3 Å². The number of rotatable bonds is 4. The average molecular weight is 219 g/mol. The van der Waals surface area contributed by atoms with E-state index in [1.165, 1.54) is 0 Å². The lowest BCUT2D eigenvalue weighted by Crippen LogP contribution is -2.08. The summed E-state index contributed by atoms with van der Waals surface area (Å²) in [5.41, 5.74) is 0. The molecule has 0 aliphatic carbocycles. The molecule has 0 bridgehead atoms. The van der Waals surface area contributed by atoms with Gasteiger partial charge in [-0.15, -0.1) is 33.2 Å². The molecule has 0 unspecified atom stereocenters. The van der Waals surface area contributed by atoms with Gasteiger partial charge in [-0.1, -0.05) is 13.8 Å². The highest BCUT2D eigenvalue weighted by Crippen LogP contribution is 2.27. The Balaban J connectivity index is 3.21. The van der Waals surface area contributed by atoms with E-state index in [-0.39, 0.29) is 0 Å². The highest BCUT2D eigenvalue weighted by Gasteiger charge is 2.23. The van der Waals surface area contributed by atoms with Crippen LogP contribution in [0.5, 0.6) is 0 Å². The Labute approximate surface area is 78.0 Å². The molecule has 0 fully saturated rings. The molecular formula is C6H12Cl3Si. The molecule has 4 heteroatoms. The van der Waals surface area contributed by atoms with Gasteiger partial charge in [-0.05, 0) is 24.8 Å². The lowest BCUT2D eigenvalue weighted by atomic mass is 10.1. The number of hydrogen-bond acceptors (Lipinski definition) is 0. The summed E-state index contributed by atoms with van der Waals surface area (Å²) in [6.45, 7) is 4.25. The lowest BCUT2D eigenvalue weighted by molar-refractivity contribution is 0.722. The van der Waals surface area contributed by atoms with Gasteiger partial charge in [0.1, 0.15) is 0 Å². The molecule has 0 rings (SSSR count). The summed E-state index contributed by atoms with van der Waals surface area (Å²) in [4.78, 5) is 0. The minimum Gasteiger partial charge on any atom is -0.126 e. The summed E-state index contributed by atoms with van der Waals surface area (Å²) in [6.07, 6.45) is 3.11. The van der Waals surface area contributed by atoms with E-state index in [1.807, 2.05) is 0 Å². The average Bonchev–Trinajstić information content (AvgIpc) is 1.59. The molecule has 0 aromatic carbocycles. The summed E-state index contributed by atoms with van der Waals surface area (Å²) in [6, 6.07) is -1.59. The summed E-state index contributed by atoms with van der Waals surface area (Å²) in [5, 5.41) is 0. The van der Waals surface area contributed by atoms with Crippen LogP contribution in [-0.4, -0.2) is 6.00 Å². The van der Waals surface area contributed by atoms with Crippen LogP contribution in [0.2, 0.25) is 6.04 Å². The fraction of sp³-hybridized carbons (Fsp3) is 0.833. The van der Waals surface area contributed by atoms with Crippen LogP contribution in [0.15, 0.2) is 0 Å². The van der Waals surface area contributed by atoms with Crippen molar-refractivity contribution in [3.63, 3.8) is 0 Å². The minimum absolute atomic E-state index is 0.598. The fourth-order valence-corrected chi connectivity index (χ4v) is 2.06. The standard InChI is InChI=1S/C6H12Cl3Si/c1-6(2)4-3-5-10(7,8)9/h4,6H,3,5H2,1-2H3. The van der Waals surface area contributed by atoms with E-state index in [1.54, 1.807) is 0 Å². The van der Waals surface area contributed by atoms with Gasteiger partial charge in [-0.25, -0.2) is 0 Å². The lowest BCUT2D eigenvalue weighted by Gasteiger charge is -2.07. The molecule has 0 saturated carbocycles. The third kappa shape index (κ3) is 9.09. The normalized spacial score (nSPS) is 12.6. The monoisotopic (exact) mass is 217 g/mol. The molecule has 10 heavy (non-hydrogen) atoms. The summed E-state index contributed by atoms with van der Waals surface area (Å²) in [5.74, 6) is 0.598. The number of halogens is 3. The van der Waals surface area contributed by atoms with Crippen molar-refractivity contribution >= 4 is 39.2 Å². The Hall–Kier alpha value is 1.09. The minimum atomic E-state index is -2.34. The van der Waals surface area contributed by atoms with Gasteiger partial charge in [-0.3, -0.25) is 0 Å². The van der Waals surface area contributed by atoms with Crippen molar-refractivity contribution < 1.29 is 0 Å². The van der Waals surface area contributed by atoms with Crippen LogP contribution in [0.4, 0.5) is 0 Å². The van der Waals surface area contributed by atoms with Gasteiger partial charge in [0, 0.05) is 0 Å². The predicted octanol–water partition coefficient (Wildman–Crippen LogP) is 3.89. The molecule has 0 aromatic heterocycles. The molecule has 0 aliphatic heterocycles. The third-order valence-electron chi connectivity index (χ3n) is 1.07. The number of hydrogen-bond donors (Lipinski definition) is 0. The van der Waals surface area contributed by atoms with Gasteiger partial charge in [0.25, 0.3) is 0 Å². The van der Waals surface area contributed by atoms with Crippen LogP contribution in [0, 0.1) is 12.3 Å². The Morgan fingerprint density at radius 3 is 2.10 bits per heavy atom. The zero-order valence-corrected chi connectivity index (χ0v) is 9.47. The second kappa shape index (κ2) is 4.86. The SMILES string of the molecule is CC(C)[CH]CC[Si](Cl)(Cl)Cl. The summed E-state index contributed by atoms with van der Waals surface area (Å²) >= 11 is 17.0. The maximum Gasteiger partial charge on any atom is 0.341 e. The maximum absolute atomic E-state index is 5.67. The Bertz CT molecular complexity index is 87.5. The maximum atomic E-state index is 5.67. The molecule has 0 aliphatic rings. The Morgan fingerprint density at radius 1 is 1.30 bits per heavy atom. The highest BCUT2D eigenvalue weighted by atomic mass is 35.8. The molecule has 0 amide bonds. The van der Waals surface area contributed by atoms with Crippen molar-refractivity contribution in [2.24, 2.45) is 5.92 Å². The van der Waals surface area contributed by atoms with Crippen LogP contribution < -0.4 is 0 Å². The molecule has 0 N–H and O–H groups in total. The van der Waals surface area contributed by atoms with Crippen LogP contribution in [0.3, 0.4) is 0 Å². The molecule has 61 valence electrons. The fourth-order valence-electron chi connectivity index (χ4n) is 0.580. The first-order valence-electron chi connectivity index (χ1n) is 3.32. The second-order valence-corrected chi connectivity index (χ2v) is 11.9. The van der Waals surface area contributed by atoms with Gasteiger partial charge in [0.2, 0.25) is 0 Å². The summed E-state index contributed by atoms with van der Waals surface area (Å²) in [7, 11) is 0. The first kappa shape index (κ1) is 11.1. The van der Waals surface area contributed by atoms with Crippen molar-refractivity contribution in [3.05, 3.63) is 6.42 Å². The third-order valence-corrected chi connectivity index (χ3v) is 3.62. The van der Waals surface area contributed by atoms with Gasteiger partial charge in [-0.2, -0.15) is 0 Å². The largest absolute Gasteiger partial charge is 0.341 e. The Morgan fingerprint density at radius 2 is 1.80 bits per heavy atom. The molecule has 0 atom stereocenters. The van der Waals surface area contributed by atoms with Crippen LogP contribution in [0.25, 0.3) is 0 Å². The van der Waals surface area contributed by atoms with Gasteiger partial charge < -0.3 is 0 Å². The van der Waals surface area contributed by atoms with E-state index in [9.17, 15) is 0 Å². The van der Waals surface area contributed by atoms with Gasteiger partial charge in [0.05, 0.1) is 0 Å². The quantitative estimate of drug-likeness (QED) is 0.496. The van der Waals surface area contributed by atoms with Crippen LogP contribution in [0.1, 0.15) is 20.3 Å². The van der Waals surface area contributed by atoms with E-state index < -0.39 is 6.00 Å². The molecule has 0 heterocycles. The van der Waals surface area contributed by atoms with E-state index in [0.717, 1.165) is 12.5 Å². The van der Waals surface area contributed by atoms with Crippen LogP contribution in [-0.2, 0) is 0 Å². The summed E-state index contributed by atoms with van der Waals surface area (Å²) < 4.78 is 0. The van der Waals surface area contributed by atoms with E-state index in [0.29, 0.717) is 5.92 Å². The topological polar surface area (TPSA) is 0 Å². The van der Waals surface area contributed by atoms with Gasteiger partial charge in [0.15, 0.2) is 0 Å². The molecular weight excluding hydrogens is 207 g/mol. The Kier molecular flexibility index (Phi) is 5.39. The molecule has 0 saturated heterocycles. The predicted molar refractivity (Wildman–Crippen MR) is 51.9 cm³/mol. The highest BCUT2D eigenvalue weighted by molar-refractivity contribution is 7.64. The van der Waals surface area contributed by atoms with E-state index >= 15 is 0 Å². The van der Waals surface area contributed by atoms with Crippen LogP contribution >= 0.6 is 33.2 Å². The van der Waals surface area contributed by atoms with Crippen molar-refractivity contribution in [3.8, 4) is 0 Å². The van der Waals surface area contributed by atoms with Crippen molar-refractivity contribution in [1.82, 2.24) is 0 Å². The zero-order chi connectivity index (χ0) is 8.20. The van der Waals surface area contributed by atoms with Crippen molar-refractivity contribution in [2.75, 3.05) is 0 Å². The van der Waals surface area contributed by atoms with E-state index in [4.69, 9.17) is 33.2 Å². The second-order valence-electron chi connectivity index (χ2n) is 2.63. The smallest absolute Gasteiger partial charge is 0.126 e. The molecule has 0 aromatic rings. The van der Waals surface area contributed by atoms with Crippen molar-refractivity contribution in [1.29, 1.82) is 0 Å². The first-order chi connectivity index (χ1) is 4.42. The van der Waals surface area contributed by atoms with Crippen molar-refractivity contribution in [2.45, 2.75) is 26.3 Å². The zero-order valence-electron chi connectivity index (χ0n) is 6.20. The van der Waals surface area contributed by atoms with Gasteiger partial charge >= 0.3 is 6.00 Å². The molecule has 1 radical (unpaired) electrons. The molecule has 0 spiro atoms.